The third-order valence-electron chi connectivity index (χ3n) is 12.6. The van der Waals surface area contributed by atoms with Crippen molar-refractivity contribution in [3.8, 4) is 44.5 Å². The van der Waals surface area contributed by atoms with Crippen molar-refractivity contribution in [2.75, 3.05) is 0 Å². The van der Waals surface area contributed by atoms with Crippen molar-refractivity contribution in [2.24, 2.45) is 0 Å². The highest BCUT2D eigenvalue weighted by atomic mass is 32.1. The predicted octanol–water partition coefficient (Wildman–Crippen LogP) is 16.0. The second kappa shape index (κ2) is 11.7. The summed E-state index contributed by atoms with van der Waals surface area (Å²) in [6.45, 7) is 4.75. The first-order chi connectivity index (χ1) is 27.6. The maximum atomic E-state index is 2.48. The van der Waals surface area contributed by atoms with E-state index < -0.39 is 0 Å². The summed E-state index contributed by atoms with van der Waals surface area (Å²) in [5, 5.41) is 12.9. The fourth-order valence-electron chi connectivity index (χ4n) is 10.1. The molecule has 0 spiro atoms. The van der Waals surface area contributed by atoms with Gasteiger partial charge in [-0.3, -0.25) is 0 Å². The summed E-state index contributed by atoms with van der Waals surface area (Å²) < 4.78 is 2.77. The molecular formula is C55H36S. The van der Waals surface area contributed by atoms with E-state index in [2.05, 4.69) is 196 Å². The van der Waals surface area contributed by atoms with E-state index in [1.54, 1.807) is 0 Å². The smallest absolute Gasteiger partial charge is 0.0437 e. The summed E-state index contributed by atoms with van der Waals surface area (Å²) in [5.74, 6) is 0. The van der Waals surface area contributed by atoms with Crippen LogP contribution in [-0.4, -0.2) is 0 Å². The van der Waals surface area contributed by atoms with Crippen LogP contribution >= 0.6 is 11.3 Å². The van der Waals surface area contributed by atoms with E-state index in [1.165, 1.54) is 119 Å². The molecule has 56 heavy (non-hydrogen) atoms. The molecule has 0 radical (unpaired) electrons. The minimum absolute atomic E-state index is 0.0224. The van der Waals surface area contributed by atoms with Crippen LogP contribution in [0.15, 0.2) is 182 Å². The van der Waals surface area contributed by atoms with Crippen LogP contribution in [0.1, 0.15) is 25.0 Å². The number of hydrogen-bond donors (Lipinski definition) is 0. The molecule has 1 heteroatoms. The Morgan fingerprint density at radius 3 is 1.64 bits per heavy atom. The van der Waals surface area contributed by atoms with Gasteiger partial charge in [0.05, 0.1) is 0 Å². The topological polar surface area (TPSA) is 0 Å². The predicted molar refractivity (Wildman–Crippen MR) is 243 cm³/mol. The van der Waals surface area contributed by atoms with Gasteiger partial charge in [-0.2, -0.15) is 0 Å². The molecule has 12 rings (SSSR count). The molecule has 262 valence electrons. The Kier molecular flexibility index (Phi) is 6.66. The van der Waals surface area contributed by atoms with Crippen LogP contribution in [0.4, 0.5) is 0 Å². The summed E-state index contributed by atoms with van der Waals surface area (Å²) in [5.41, 5.74) is 13.2. The summed E-state index contributed by atoms with van der Waals surface area (Å²) in [4.78, 5) is 0. The average molecular weight is 729 g/mol. The van der Waals surface area contributed by atoms with Crippen molar-refractivity contribution in [3.05, 3.63) is 193 Å². The molecule has 0 N–H and O–H groups in total. The Labute approximate surface area is 329 Å². The van der Waals surface area contributed by atoms with Crippen LogP contribution in [0.3, 0.4) is 0 Å². The lowest BCUT2D eigenvalue weighted by Gasteiger charge is -2.21. The van der Waals surface area contributed by atoms with Crippen molar-refractivity contribution in [1.29, 1.82) is 0 Å². The first kappa shape index (κ1) is 31.8. The van der Waals surface area contributed by atoms with Gasteiger partial charge in [0, 0.05) is 36.5 Å². The minimum Gasteiger partial charge on any atom is -0.134 e. The molecule has 0 atom stereocenters. The molecule has 0 saturated heterocycles. The Balaban J connectivity index is 1.11. The number of hydrogen-bond acceptors (Lipinski definition) is 1. The highest BCUT2D eigenvalue weighted by molar-refractivity contribution is 7.27. The molecule has 1 aromatic heterocycles. The summed E-state index contributed by atoms with van der Waals surface area (Å²) in [6, 6.07) is 68.1. The standard InChI is InChI=1S/C55H36S/c1-55(2)48-28-12-11-26-45(48)52-49(55)30-29-44-47-32-46(37-20-5-10-25-43(37)53(47)56-54(44)52)34-17-13-18-35(31-34)50-39-21-6-8-23-41(39)51(42-24-9-7-22-40(42)50)38-27-14-16-33-15-3-4-19-36(33)38/h3-32H,1-2H3. The van der Waals surface area contributed by atoms with Crippen LogP contribution in [-0.2, 0) is 5.41 Å². The lowest BCUT2D eigenvalue weighted by atomic mass is 9.82. The van der Waals surface area contributed by atoms with Gasteiger partial charge in [0.15, 0.2) is 0 Å². The molecular weight excluding hydrogens is 693 g/mol. The maximum Gasteiger partial charge on any atom is 0.0437 e. The SMILES string of the molecule is CC1(C)c2ccccc2-c2c1ccc1c2sc2c3ccccc3c(-c3cccc(-c4c5ccccc5c(-c5cccc6ccccc56)c5ccccc45)c3)cc12. The van der Waals surface area contributed by atoms with E-state index in [9.17, 15) is 0 Å². The summed E-state index contributed by atoms with van der Waals surface area (Å²) in [7, 11) is 0. The number of fused-ring (bicyclic) bond motifs is 12. The number of thiophene rings is 1. The Hall–Kier alpha value is -6.54. The zero-order chi connectivity index (χ0) is 37.1. The van der Waals surface area contributed by atoms with Gasteiger partial charge in [-0.1, -0.05) is 184 Å². The zero-order valence-corrected chi connectivity index (χ0v) is 32.0. The fourth-order valence-corrected chi connectivity index (χ4v) is 11.5. The van der Waals surface area contributed by atoms with Gasteiger partial charge in [0.25, 0.3) is 0 Å². The van der Waals surface area contributed by atoms with Gasteiger partial charge < -0.3 is 0 Å². The first-order valence-corrected chi connectivity index (χ1v) is 20.4. The molecule has 0 bridgehead atoms. The Morgan fingerprint density at radius 1 is 0.321 bits per heavy atom. The quantitative estimate of drug-likeness (QED) is 0.159. The Bertz CT molecular complexity index is 3390. The molecule has 0 saturated carbocycles. The largest absolute Gasteiger partial charge is 0.134 e. The maximum absolute atomic E-state index is 2.48. The van der Waals surface area contributed by atoms with E-state index in [0.29, 0.717) is 0 Å². The zero-order valence-electron chi connectivity index (χ0n) is 31.2. The second-order valence-corrected chi connectivity index (χ2v) is 17.0. The van der Waals surface area contributed by atoms with Gasteiger partial charge in [-0.05, 0) is 99.9 Å². The molecule has 10 aromatic carbocycles. The van der Waals surface area contributed by atoms with Gasteiger partial charge in [-0.25, -0.2) is 0 Å². The molecule has 1 heterocycles. The second-order valence-electron chi connectivity index (χ2n) is 15.9. The molecule has 0 amide bonds. The monoisotopic (exact) mass is 728 g/mol. The van der Waals surface area contributed by atoms with E-state index >= 15 is 0 Å². The van der Waals surface area contributed by atoms with Gasteiger partial charge in [-0.15, -0.1) is 11.3 Å². The van der Waals surface area contributed by atoms with Crippen molar-refractivity contribution in [3.63, 3.8) is 0 Å². The van der Waals surface area contributed by atoms with Gasteiger partial charge in [0.1, 0.15) is 0 Å². The van der Waals surface area contributed by atoms with Gasteiger partial charge in [0.2, 0.25) is 0 Å². The lowest BCUT2D eigenvalue weighted by molar-refractivity contribution is 0.661. The Morgan fingerprint density at radius 2 is 0.875 bits per heavy atom. The van der Waals surface area contributed by atoms with E-state index in [-0.39, 0.29) is 5.41 Å². The average Bonchev–Trinajstić information content (AvgIpc) is 3.74. The summed E-state index contributed by atoms with van der Waals surface area (Å²) in [6.07, 6.45) is 0. The van der Waals surface area contributed by atoms with Crippen LogP contribution in [0.2, 0.25) is 0 Å². The molecule has 0 aliphatic heterocycles. The van der Waals surface area contributed by atoms with Crippen molar-refractivity contribution in [2.45, 2.75) is 19.3 Å². The molecule has 0 nitrogen and oxygen atoms in total. The van der Waals surface area contributed by atoms with Crippen molar-refractivity contribution < 1.29 is 0 Å². The van der Waals surface area contributed by atoms with Crippen LogP contribution in [0, 0.1) is 0 Å². The fraction of sp³-hybridized carbons (Fsp3) is 0.0545. The van der Waals surface area contributed by atoms with E-state index in [4.69, 9.17) is 0 Å². The molecule has 1 aliphatic carbocycles. The highest BCUT2D eigenvalue weighted by Crippen LogP contribution is 2.55. The third-order valence-corrected chi connectivity index (χ3v) is 13.9. The minimum atomic E-state index is -0.0224. The van der Waals surface area contributed by atoms with Crippen molar-refractivity contribution >= 4 is 74.6 Å². The van der Waals surface area contributed by atoms with Crippen LogP contribution < -0.4 is 0 Å². The molecule has 0 fully saturated rings. The lowest BCUT2D eigenvalue weighted by Crippen LogP contribution is -2.14. The van der Waals surface area contributed by atoms with Crippen molar-refractivity contribution in [1.82, 2.24) is 0 Å². The summed E-state index contributed by atoms with van der Waals surface area (Å²) >= 11 is 1.97. The number of benzene rings is 10. The van der Waals surface area contributed by atoms with Crippen LogP contribution in [0.5, 0.6) is 0 Å². The highest BCUT2D eigenvalue weighted by Gasteiger charge is 2.37. The molecule has 1 aliphatic rings. The number of rotatable bonds is 3. The van der Waals surface area contributed by atoms with Gasteiger partial charge >= 0.3 is 0 Å². The first-order valence-electron chi connectivity index (χ1n) is 19.6. The third kappa shape index (κ3) is 4.35. The molecule has 11 aromatic rings. The van der Waals surface area contributed by atoms with Crippen LogP contribution in [0.25, 0.3) is 108 Å². The normalized spacial score (nSPS) is 13.3. The van der Waals surface area contributed by atoms with E-state index in [0.717, 1.165) is 0 Å². The van der Waals surface area contributed by atoms with E-state index in [1.807, 2.05) is 11.3 Å². The molecule has 0 unspecified atom stereocenters.